The predicted molar refractivity (Wildman–Crippen MR) is 121 cm³/mol. The number of tetrazole rings is 1. The van der Waals surface area contributed by atoms with Crippen LogP contribution in [0.4, 0.5) is 5.95 Å². The predicted octanol–water partition coefficient (Wildman–Crippen LogP) is 3.82. The third-order valence-corrected chi connectivity index (χ3v) is 5.30. The number of ether oxygens (including phenoxy) is 1. The molecule has 0 radical (unpaired) electrons. The van der Waals surface area contributed by atoms with Gasteiger partial charge < -0.3 is 10.5 Å². The molecule has 3 N–H and O–H groups in total. The van der Waals surface area contributed by atoms with Crippen LogP contribution in [-0.4, -0.2) is 32.3 Å². The monoisotopic (exact) mass is 575 g/mol. The number of amides is 1. The van der Waals surface area contributed by atoms with Gasteiger partial charge in [-0.05, 0) is 50.6 Å². The fourth-order valence-electron chi connectivity index (χ4n) is 2.29. The average Bonchev–Trinajstić information content (AvgIpc) is 3.07. The molecule has 1 aromatic heterocycles. The second kappa shape index (κ2) is 10.2. The third kappa shape index (κ3) is 5.91. The van der Waals surface area contributed by atoms with Crippen molar-refractivity contribution in [3.05, 3.63) is 60.4 Å². The number of benzene rings is 2. The zero-order valence-electron chi connectivity index (χ0n) is 15.0. The van der Waals surface area contributed by atoms with Crippen molar-refractivity contribution >= 4 is 73.1 Å². The second-order valence-corrected chi connectivity index (χ2v) is 8.43. The van der Waals surface area contributed by atoms with Gasteiger partial charge >= 0.3 is 0 Å². The van der Waals surface area contributed by atoms with Crippen LogP contribution in [0.5, 0.6) is 5.75 Å². The first-order chi connectivity index (χ1) is 14.3. The highest BCUT2D eigenvalue weighted by Crippen LogP contribution is 2.33. The molecule has 2 aromatic carbocycles. The molecule has 0 atom stereocenters. The van der Waals surface area contributed by atoms with Crippen molar-refractivity contribution in [1.29, 1.82) is 0 Å². The quantitative estimate of drug-likeness (QED) is 0.325. The molecule has 0 unspecified atom stereocenters. The van der Waals surface area contributed by atoms with Crippen molar-refractivity contribution in [3.8, 4) is 5.75 Å². The first-order valence-corrected chi connectivity index (χ1v) is 10.6. The number of carbonyl (C=O) groups excluding carboxylic acids is 1. The van der Waals surface area contributed by atoms with Gasteiger partial charge in [0, 0.05) is 25.6 Å². The van der Waals surface area contributed by atoms with E-state index in [2.05, 4.69) is 57.9 Å². The molecular formula is C17H13Br2Cl2N7O2. The van der Waals surface area contributed by atoms with E-state index in [1.807, 2.05) is 6.07 Å². The lowest BCUT2D eigenvalue weighted by molar-refractivity contribution is -0.121. The van der Waals surface area contributed by atoms with Crippen molar-refractivity contribution in [2.24, 2.45) is 5.10 Å². The molecule has 0 aliphatic heterocycles. The number of hydrogen-bond donors (Lipinski definition) is 2. The summed E-state index contributed by atoms with van der Waals surface area (Å²) in [6.45, 7) is 0.0405. The van der Waals surface area contributed by atoms with Crippen molar-refractivity contribution in [3.63, 3.8) is 0 Å². The Bertz CT molecular complexity index is 1110. The van der Waals surface area contributed by atoms with Crippen LogP contribution >= 0.6 is 55.1 Å². The van der Waals surface area contributed by atoms with Gasteiger partial charge in [0.15, 0.2) is 0 Å². The Morgan fingerprint density at radius 1 is 1.30 bits per heavy atom. The molecule has 3 rings (SSSR count). The summed E-state index contributed by atoms with van der Waals surface area (Å²) in [7, 11) is 0. The van der Waals surface area contributed by atoms with Crippen LogP contribution in [0.25, 0.3) is 0 Å². The molecule has 1 heterocycles. The van der Waals surface area contributed by atoms with Crippen molar-refractivity contribution in [2.75, 3.05) is 5.73 Å². The Balaban J connectivity index is 1.71. The molecule has 1 amide bonds. The number of hydrazone groups is 1. The number of halogens is 4. The van der Waals surface area contributed by atoms with E-state index in [1.54, 1.807) is 24.3 Å². The van der Waals surface area contributed by atoms with Gasteiger partial charge in [-0.15, -0.1) is 0 Å². The summed E-state index contributed by atoms with van der Waals surface area (Å²) in [4.78, 5) is 12.0. The van der Waals surface area contributed by atoms with Gasteiger partial charge in [-0.3, -0.25) is 4.79 Å². The third-order valence-electron chi connectivity index (χ3n) is 3.67. The molecule has 0 aliphatic carbocycles. The highest BCUT2D eigenvalue weighted by molar-refractivity contribution is 9.11. The standard InChI is InChI=1S/C17H13Br2Cl2N7O2/c18-11-3-10(6-23-24-15(29)7-28-17(22)25-26-27-28)16(13(19)4-11)30-8-9-1-2-12(20)5-14(9)21/h1-6H,7-8H2,(H,24,29)(H2,22,25,27). The summed E-state index contributed by atoms with van der Waals surface area (Å²) in [5, 5.41) is 15.5. The Hall–Kier alpha value is -2.21. The van der Waals surface area contributed by atoms with E-state index in [9.17, 15) is 4.79 Å². The van der Waals surface area contributed by atoms with E-state index >= 15 is 0 Å². The first-order valence-electron chi connectivity index (χ1n) is 8.23. The minimum atomic E-state index is -0.449. The fourth-order valence-corrected chi connectivity index (χ4v) is 4.12. The maximum Gasteiger partial charge on any atom is 0.261 e. The molecule has 9 nitrogen and oxygen atoms in total. The SMILES string of the molecule is Nc1nnnn1CC(=O)NN=Cc1cc(Br)cc(Br)c1OCc1ccc(Cl)cc1Cl. The summed E-state index contributed by atoms with van der Waals surface area (Å²) in [5.74, 6) is 0.100. The Kier molecular flexibility index (Phi) is 7.64. The number of rotatable bonds is 7. The molecule has 0 saturated heterocycles. The molecule has 0 spiro atoms. The molecule has 0 aliphatic rings. The fraction of sp³-hybridized carbons (Fsp3) is 0.118. The van der Waals surface area contributed by atoms with Gasteiger partial charge in [-0.25, -0.2) is 10.1 Å². The van der Waals surface area contributed by atoms with Crippen molar-refractivity contribution in [1.82, 2.24) is 25.6 Å². The molecular weight excluding hydrogens is 565 g/mol. The van der Waals surface area contributed by atoms with Crippen LogP contribution < -0.4 is 15.9 Å². The summed E-state index contributed by atoms with van der Waals surface area (Å²) >= 11 is 19.0. The van der Waals surface area contributed by atoms with Gasteiger partial charge in [0.05, 0.1) is 10.7 Å². The maximum absolute atomic E-state index is 12.0. The number of nitrogens with zero attached hydrogens (tertiary/aromatic N) is 5. The van der Waals surface area contributed by atoms with Gasteiger partial charge in [0.2, 0.25) is 5.95 Å². The lowest BCUT2D eigenvalue weighted by Gasteiger charge is -2.13. The maximum atomic E-state index is 12.0. The zero-order valence-corrected chi connectivity index (χ0v) is 19.7. The lowest BCUT2D eigenvalue weighted by Crippen LogP contribution is -2.24. The van der Waals surface area contributed by atoms with Gasteiger partial charge in [0.25, 0.3) is 5.91 Å². The van der Waals surface area contributed by atoms with Crippen LogP contribution in [0.1, 0.15) is 11.1 Å². The van der Waals surface area contributed by atoms with Gasteiger partial charge in [0.1, 0.15) is 18.9 Å². The minimum absolute atomic E-state index is 0.0293. The molecule has 0 fully saturated rings. The van der Waals surface area contributed by atoms with Crippen molar-refractivity contribution in [2.45, 2.75) is 13.2 Å². The Morgan fingerprint density at radius 2 is 2.10 bits per heavy atom. The van der Waals surface area contributed by atoms with Crippen LogP contribution in [0, 0.1) is 0 Å². The van der Waals surface area contributed by atoms with Gasteiger partial charge in [-0.2, -0.15) is 5.10 Å². The largest absolute Gasteiger partial charge is 0.487 e. The smallest absolute Gasteiger partial charge is 0.261 e. The molecule has 3 aromatic rings. The summed E-state index contributed by atoms with van der Waals surface area (Å²) < 4.78 is 8.57. The van der Waals surface area contributed by atoms with Crippen LogP contribution in [0.15, 0.2) is 44.4 Å². The number of nitrogens with one attached hydrogen (secondary N) is 1. The van der Waals surface area contributed by atoms with E-state index in [-0.39, 0.29) is 19.1 Å². The van der Waals surface area contributed by atoms with Crippen LogP contribution in [0.2, 0.25) is 10.0 Å². The average molecular weight is 578 g/mol. The Labute approximate surface area is 197 Å². The number of hydrogen-bond acceptors (Lipinski definition) is 7. The number of nitrogen functional groups attached to an aromatic ring is 1. The summed E-state index contributed by atoms with van der Waals surface area (Å²) in [6, 6.07) is 8.79. The number of carbonyl (C=O) groups is 1. The second-order valence-electron chi connectivity index (χ2n) is 5.82. The van der Waals surface area contributed by atoms with E-state index in [4.69, 9.17) is 33.7 Å². The normalized spacial score (nSPS) is 11.1. The summed E-state index contributed by atoms with van der Waals surface area (Å²) in [5.41, 5.74) is 9.30. The Morgan fingerprint density at radius 3 is 2.80 bits per heavy atom. The highest BCUT2D eigenvalue weighted by atomic mass is 79.9. The van der Waals surface area contributed by atoms with E-state index < -0.39 is 5.91 Å². The van der Waals surface area contributed by atoms with Crippen LogP contribution in [0.3, 0.4) is 0 Å². The highest BCUT2D eigenvalue weighted by Gasteiger charge is 2.12. The zero-order chi connectivity index (χ0) is 21.7. The molecule has 156 valence electrons. The topological polar surface area (TPSA) is 120 Å². The van der Waals surface area contributed by atoms with E-state index in [1.165, 1.54) is 6.21 Å². The minimum Gasteiger partial charge on any atom is -0.487 e. The molecule has 0 bridgehead atoms. The van der Waals surface area contributed by atoms with Crippen molar-refractivity contribution < 1.29 is 9.53 Å². The van der Waals surface area contributed by atoms with Crippen LogP contribution in [-0.2, 0) is 17.9 Å². The molecule has 0 saturated carbocycles. The van der Waals surface area contributed by atoms with E-state index in [0.717, 1.165) is 14.7 Å². The van der Waals surface area contributed by atoms with E-state index in [0.29, 0.717) is 25.8 Å². The number of nitrogens with two attached hydrogens (primary N) is 1. The number of aromatic nitrogens is 4. The summed E-state index contributed by atoms with van der Waals surface area (Å²) in [6.07, 6.45) is 1.45. The number of anilines is 1. The molecule has 13 heteroatoms. The first kappa shape index (κ1) is 22.5. The van der Waals surface area contributed by atoms with Gasteiger partial charge in [-0.1, -0.05) is 50.3 Å². The lowest BCUT2D eigenvalue weighted by atomic mass is 10.2. The molecule has 30 heavy (non-hydrogen) atoms.